The fourth-order valence-corrected chi connectivity index (χ4v) is 1.75. The number of amides is 1. The number of carbonyl (C=O) groups is 2. The Labute approximate surface area is 105 Å². The average molecular weight is 249 g/mol. The maximum atomic E-state index is 11.4. The Bertz CT molecular complexity index is 484. The third-order valence-corrected chi connectivity index (χ3v) is 2.69. The van der Waals surface area contributed by atoms with E-state index in [-0.39, 0.29) is 18.5 Å². The van der Waals surface area contributed by atoms with Gasteiger partial charge in [0.05, 0.1) is 12.1 Å². The SMILES string of the molecule is CC(=O)c1ccc(C)cc1OCC1CNC(=O)O1. The van der Waals surface area contributed by atoms with Crippen molar-refractivity contribution in [1.82, 2.24) is 5.32 Å². The van der Waals surface area contributed by atoms with Crippen molar-refractivity contribution in [2.75, 3.05) is 13.2 Å². The van der Waals surface area contributed by atoms with E-state index in [0.717, 1.165) is 5.56 Å². The molecule has 5 nitrogen and oxygen atoms in total. The number of aryl methyl sites for hydroxylation is 1. The van der Waals surface area contributed by atoms with Crippen LogP contribution in [0.15, 0.2) is 18.2 Å². The molecule has 1 atom stereocenters. The summed E-state index contributed by atoms with van der Waals surface area (Å²) in [5.41, 5.74) is 1.55. The summed E-state index contributed by atoms with van der Waals surface area (Å²) in [5, 5.41) is 2.55. The van der Waals surface area contributed by atoms with Crippen molar-refractivity contribution in [3.05, 3.63) is 29.3 Å². The second-order valence-corrected chi connectivity index (χ2v) is 4.28. The first-order chi connectivity index (χ1) is 8.56. The third-order valence-electron chi connectivity index (χ3n) is 2.69. The lowest BCUT2D eigenvalue weighted by Gasteiger charge is -2.13. The highest BCUT2D eigenvalue weighted by atomic mass is 16.6. The molecule has 1 amide bonds. The van der Waals surface area contributed by atoms with Crippen LogP contribution in [0.5, 0.6) is 5.75 Å². The molecule has 1 aliphatic heterocycles. The summed E-state index contributed by atoms with van der Waals surface area (Å²) in [7, 11) is 0. The first-order valence-electron chi connectivity index (χ1n) is 5.75. The first-order valence-corrected chi connectivity index (χ1v) is 5.75. The molecular formula is C13H15NO4. The number of ketones is 1. The normalized spacial score (nSPS) is 18.1. The van der Waals surface area contributed by atoms with Crippen LogP contribution in [-0.2, 0) is 4.74 Å². The minimum atomic E-state index is -0.431. The number of ether oxygens (including phenoxy) is 2. The maximum absolute atomic E-state index is 11.4. The molecule has 1 aromatic rings. The molecule has 0 spiro atoms. The Balaban J connectivity index is 2.06. The number of carbonyl (C=O) groups excluding carboxylic acids is 2. The van der Waals surface area contributed by atoms with Crippen molar-refractivity contribution in [2.45, 2.75) is 20.0 Å². The number of rotatable bonds is 4. The molecule has 0 aromatic heterocycles. The van der Waals surface area contributed by atoms with Crippen molar-refractivity contribution in [1.29, 1.82) is 0 Å². The van der Waals surface area contributed by atoms with Gasteiger partial charge in [-0.3, -0.25) is 4.79 Å². The number of nitrogens with one attached hydrogen (secondary N) is 1. The summed E-state index contributed by atoms with van der Waals surface area (Å²) in [6, 6.07) is 5.41. The molecule has 1 N–H and O–H groups in total. The first kappa shape index (κ1) is 12.4. The van der Waals surface area contributed by atoms with Crippen LogP contribution in [0.3, 0.4) is 0 Å². The van der Waals surface area contributed by atoms with Gasteiger partial charge in [-0.15, -0.1) is 0 Å². The highest BCUT2D eigenvalue weighted by molar-refractivity contribution is 5.96. The van der Waals surface area contributed by atoms with Gasteiger partial charge in [0.1, 0.15) is 12.4 Å². The Morgan fingerprint density at radius 3 is 2.94 bits per heavy atom. The molecule has 1 aliphatic rings. The topological polar surface area (TPSA) is 64.6 Å². The predicted molar refractivity (Wildman–Crippen MR) is 65.0 cm³/mol. The van der Waals surface area contributed by atoms with Gasteiger partial charge in [-0.2, -0.15) is 0 Å². The molecule has 1 heterocycles. The van der Waals surface area contributed by atoms with Gasteiger partial charge in [-0.25, -0.2) is 4.79 Å². The lowest BCUT2D eigenvalue weighted by atomic mass is 10.1. The van der Waals surface area contributed by atoms with E-state index in [4.69, 9.17) is 9.47 Å². The zero-order valence-corrected chi connectivity index (χ0v) is 10.4. The third kappa shape index (κ3) is 2.80. The molecule has 96 valence electrons. The molecule has 0 radical (unpaired) electrons. The Hall–Kier alpha value is -2.04. The molecule has 5 heteroatoms. The molecule has 18 heavy (non-hydrogen) atoms. The summed E-state index contributed by atoms with van der Waals surface area (Å²) < 4.78 is 10.5. The van der Waals surface area contributed by atoms with Crippen molar-refractivity contribution >= 4 is 11.9 Å². The molecule has 1 fully saturated rings. The minimum absolute atomic E-state index is 0.0495. The second-order valence-electron chi connectivity index (χ2n) is 4.28. The van der Waals surface area contributed by atoms with Crippen LogP contribution in [0, 0.1) is 6.92 Å². The van der Waals surface area contributed by atoms with E-state index in [2.05, 4.69) is 5.32 Å². The summed E-state index contributed by atoms with van der Waals surface area (Å²) in [4.78, 5) is 22.3. The van der Waals surface area contributed by atoms with Crippen molar-refractivity contribution < 1.29 is 19.1 Å². The van der Waals surface area contributed by atoms with Crippen LogP contribution in [0.25, 0.3) is 0 Å². The van der Waals surface area contributed by atoms with Gasteiger partial charge in [-0.05, 0) is 31.5 Å². The van der Waals surface area contributed by atoms with Gasteiger partial charge in [-0.1, -0.05) is 6.07 Å². The van der Waals surface area contributed by atoms with Gasteiger partial charge < -0.3 is 14.8 Å². The maximum Gasteiger partial charge on any atom is 0.407 e. The van der Waals surface area contributed by atoms with Gasteiger partial charge in [0.2, 0.25) is 0 Å². The molecule has 0 saturated carbocycles. The van der Waals surface area contributed by atoms with Gasteiger partial charge in [0.25, 0.3) is 0 Å². The van der Waals surface area contributed by atoms with Crippen LogP contribution >= 0.6 is 0 Å². The predicted octanol–water partition coefficient (Wildman–Crippen LogP) is 1.68. The summed E-state index contributed by atoms with van der Waals surface area (Å²) in [5.74, 6) is 0.483. The Kier molecular flexibility index (Phi) is 3.50. The smallest absolute Gasteiger partial charge is 0.407 e. The molecule has 1 unspecified atom stereocenters. The number of benzene rings is 1. The van der Waals surface area contributed by atoms with Crippen molar-refractivity contribution in [3.8, 4) is 5.75 Å². The number of cyclic esters (lactones) is 1. The summed E-state index contributed by atoms with van der Waals surface area (Å²) in [6.07, 6.45) is -0.738. The van der Waals surface area contributed by atoms with E-state index in [1.165, 1.54) is 6.92 Å². The highest BCUT2D eigenvalue weighted by Gasteiger charge is 2.23. The summed E-state index contributed by atoms with van der Waals surface area (Å²) >= 11 is 0. The van der Waals surface area contributed by atoms with E-state index in [0.29, 0.717) is 17.9 Å². The van der Waals surface area contributed by atoms with E-state index in [9.17, 15) is 9.59 Å². The Morgan fingerprint density at radius 2 is 2.33 bits per heavy atom. The Morgan fingerprint density at radius 1 is 1.56 bits per heavy atom. The molecule has 1 aromatic carbocycles. The lowest BCUT2D eigenvalue weighted by molar-refractivity contribution is 0.0973. The summed E-state index contributed by atoms with van der Waals surface area (Å²) in [6.45, 7) is 4.09. The standard InChI is InChI=1S/C13H15NO4/c1-8-3-4-11(9(2)15)12(5-8)17-7-10-6-14-13(16)18-10/h3-5,10H,6-7H2,1-2H3,(H,14,16). The lowest BCUT2D eigenvalue weighted by Crippen LogP contribution is -2.22. The monoisotopic (exact) mass is 249 g/mol. The van der Waals surface area contributed by atoms with Crippen LogP contribution in [0.4, 0.5) is 4.79 Å². The average Bonchev–Trinajstić information content (AvgIpc) is 2.72. The van der Waals surface area contributed by atoms with Crippen LogP contribution in [-0.4, -0.2) is 31.1 Å². The van der Waals surface area contributed by atoms with E-state index in [1.54, 1.807) is 12.1 Å². The van der Waals surface area contributed by atoms with E-state index >= 15 is 0 Å². The quantitative estimate of drug-likeness (QED) is 0.825. The minimum Gasteiger partial charge on any atom is -0.489 e. The molecule has 0 aliphatic carbocycles. The van der Waals surface area contributed by atoms with Gasteiger partial charge in [0.15, 0.2) is 11.9 Å². The zero-order chi connectivity index (χ0) is 13.1. The molecular weight excluding hydrogens is 234 g/mol. The van der Waals surface area contributed by atoms with Crippen LogP contribution < -0.4 is 10.1 Å². The zero-order valence-electron chi connectivity index (χ0n) is 10.4. The van der Waals surface area contributed by atoms with Crippen LogP contribution in [0.2, 0.25) is 0 Å². The molecule has 1 saturated heterocycles. The van der Waals surface area contributed by atoms with Crippen LogP contribution in [0.1, 0.15) is 22.8 Å². The largest absolute Gasteiger partial charge is 0.489 e. The molecule has 2 rings (SSSR count). The second kappa shape index (κ2) is 5.08. The number of Topliss-reactive ketones (excluding diaryl/α,β-unsaturated/α-hetero) is 1. The van der Waals surface area contributed by atoms with E-state index in [1.807, 2.05) is 13.0 Å². The van der Waals surface area contributed by atoms with Crippen molar-refractivity contribution in [2.24, 2.45) is 0 Å². The molecule has 0 bridgehead atoms. The van der Waals surface area contributed by atoms with Gasteiger partial charge in [0, 0.05) is 0 Å². The van der Waals surface area contributed by atoms with E-state index < -0.39 is 6.09 Å². The van der Waals surface area contributed by atoms with Crippen molar-refractivity contribution in [3.63, 3.8) is 0 Å². The fourth-order valence-electron chi connectivity index (χ4n) is 1.75. The fraction of sp³-hybridized carbons (Fsp3) is 0.385. The number of alkyl carbamates (subject to hydrolysis) is 1. The number of hydrogen-bond acceptors (Lipinski definition) is 4. The highest BCUT2D eigenvalue weighted by Crippen LogP contribution is 2.21. The van der Waals surface area contributed by atoms with Gasteiger partial charge >= 0.3 is 6.09 Å². The number of hydrogen-bond donors (Lipinski definition) is 1.